The van der Waals surface area contributed by atoms with Gasteiger partial charge in [0.05, 0.1) is 11.4 Å². The normalized spacial score (nSPS) is 17.6. The van der Waals surface area contributed by atoms with E-state index in [4.69, 9.17) is 0 Å². The van der Waals surface area contributed by atoms with Crippen molar-refractivity contribution >= 4 is 27.5 Å². The Labute approximate surface area is 125 Å². The molecule has 5 nitrogen and oxygen atoms in total. The topological polar surface area (TPSA) is 70.7 Å². The maximum absolute atomic E-state index is 12.4. The van der Waals surface area contributed by atoms with E-state index in [2.05, 4.69) is 36.7 Å². The second-order valence-corrected chi connectivity index (χ2v) is 6.02. The summed E-state index contributed by atoms with van der Waals surface area (Å²) in [5.41, 5.74) is 3.83. The van der Waals surface area contributed by atoms with Gasteiger partial charge in [-0.05, 0) is 43.5 Å². The van der Waals surface area contributed by atoms with Gasteiger partial charge in [0, 0.05) is 22.5 Å². The van der Waals surface area contributed by atoms with Gasteiger partial charge in [0.2, 0.25) is 5.91 Å². The predicted molar refractivity (Wildman–Crippen MR) is 79.4 cm³/mol. The van der Waals surface area contributed by atoms with Crippen LogP contribution in [0.25, 0.3) is 0 Å². The number of hydrogen-bond donors (Lipinski definition) is 2. The van der Waals surface area contributed by atoms with Crippen molar-refractivity contribution < 1.29 is 4.79 Å². The maximum atomic E-state index is 12.4. The number of fused-ring (bicyclic) bond motifs is 1. The number of rotatable bonds is 2. The Morgan fingerprint density at radius 3 is 3.00 bits per heavy atom. The van der Waals surface area contributed by atoms with Crippen LogP contribution in [-0.2, 0) is 17.6 Å². The summed E-state index contributed by atoms with van der Waals surface area (Å²) in [6.07, 6.45) is 2.29. The summed E-state index contributed by atoms with van der Waals surface area (Å²) in [5.74, 6) is 0.0275. The van der Waals surface area contributed by atoms with Crippen LogP contribution in [0.3, 0.4) is 0 Å². The van der Waals surface area contributed by atoms with Crippen molar-refractivity contribution in [2.45, 2.75) is 26.2 Å². The van der Waals surface area contributed by atoms with Crippen LogP contribution in [0.2, 0.25) is 0 Å². The number of halogens is 1. The van der Waals surface area contributed by atoms with E-state index < -0.39 is 0 Å². The second kappa shape index (κ2) is 5.36. The molecule has 3 rings (SSSR count). The number of benzene rings is 1. The highest BCUT2D eigenvalue weighted by molar-refractivity contribution is 9.10. The van der Waals surface area contributed by atoms with Crippen LogP contribution in [0.4, 0.5) is 5.69 Å². The molecule has 1 heterocycles. The summed E-state index contributed by atoms with van der Waals surface area (Å²) >= 11 is 3.42. The van der Waals surface area contributed by atoms with Gasteiger partial charge in [-0.2, -0.15) is 15.4 Å². The van der Waals surface area contributed by atoms with Crippen LogP contribution in [0.1, 0.15) is 23.4 Å². The number of carbonyl (C=O) groups is 1. The monoisotopic (exact) mass is 334 g/mol. The van der Waals surface area contributed by atoms with Crippen molar-refractivity contribution in [1.29, 1.82) is 0 Å². The number of anilines is 1. The number of aryl methyl sites for hydroxylation is 2. The highest BCUT2D eigenvalue weighted by Gasteiger charge is 2.27. The summed E-state index contributed by atoms with van der Waals surface area (Å²) in [6, 6.07) is 5.84. The summed E-state index contributed by atoms with van der Waals surface area (Å²) in [7, 11) is 0. The summed E-state index contributed by atoms with van der Waals surface area (Å²) in [4.78, 5) is 12.4. The first-order valence-corrected chi connectivity index (χ1v) is 7.38. The van der Waals surface area contributed by atoms with Gasteiger partial charge in [0.25, 0.3) is 0 Å². The molecule has 1 unspecified atom stereocenters. The molecule has 0 spiro atoms. The first-order chi connectivity index (χ1) is 9.63. The van der Waals surface area contributed by atoms with Gasteiger partial charge >= 0.3 is 0 Å². The van der Waals surface area contributed by atoms with Crippen molar-refractivity contribution in [3.63, 3.8) is 0 Å². The van der Waals surface area contributed by atoms with E-state index in [1.165, 1.54) is 0 Å². The van der Waals surface area contributed by atoms with Crippen molar-refractivity contribution in [2.75, 3.05) is 5.32 Å². The lowest BCUT2D eigenvalue weighted by Crippen LogP contribution is -2.28. The SMILES string of the molecule is Cc1cc(Br)ccc1NC(=O)C1CCc2n[nH]nc2C1. The molecule has 1 aromatic heterocycles. The first kappa shape index (κ1) is 13.3. The zero-order valence-corrected chi connectivity index (χ0v) is 12.7. The van der Waals surface area contributed by atoms with Crippen molar-refractivity contribution in [3.05, 3.63) is 39.6 Å². The molecular formula is C14H15BrN4O. The minimum Gasteiger partial charge on any atom is -0.326 e. The van der Waals surface area contributed by atoms with E-state index >= 15 is 0 Å². The Kier molecular flexibility index (Phi) is 3.56. The van der Waals surface area contributed by atoms with E-state index in [1.807, 2.05) is 25.1 Å². The molecule has 104 valence electrons. The zero-order chi connectivity index (χ0) is 14.1. The number of carbonyl (C=O) groups excluding carboxylic acids is 1. The number of amides is 1. The average molecular weight is 335 g/mol. The largest absolute Gasteiger partial charge is 0.326 e. The third-order valence-electron chi connectivity index (χ3n) is 3.69. The predicted octanol–water partition coefficient (Wildman–Crippen LogP) is 2.62. The first-order valence-electron chi connectivity index (χ1n) is 6.59. The van der Waals surface area contributed by atoms with Crippen LogP contribution in [0, 0.1) is 12.8 Å². The molecule has 1 aromatic carbocycles. The summed E-state index contributed by atoms with van der Waals surface area (Å²) in [5, 5.41) is 13.8. The van der Waals surface area contributed by atoms with E-state index in [9.17, 15) is 4.79 Å². The van der Waals surface area contributed by atoms with Gasteiger partial charge in [-0.15, -0.1) is 0 Å². The number of H-pyrrole nitrogens is 1. The molecule has 6 heteroatoms. The summed E-state index contributed by atoms with van der Waals surface area (Å²) in [6.45, 7) is 1.98. The Morgan fingerprint density at radius 1 is 1.40 bits per heavy atom. The van der Waals surface area contributed by atoms with Crippen LogP contribution in [0.5, 0.6) is 0 Å². The molecule has 2 aromatic rings. The lowest BCUT2D eigenvalue weighted by Gasteiger charge is -2.20. The second-order valence-electron chi connectivity index (χ2n) is 5.11. The number of aromatic nitrogens is 3. The van der Waals surface area contributed by atoms with Gasteiger partial charge in [-0.1, -0.05) is 15.9 Å². The minimum absolute atomic E-state index is 0.0318. The molecular weight excluding hydrogens is 320 g/mol. The Balaban J connectivity index is 1.71. The highest BCUT2D eigenvalue weighted by atomic mass is 79.9. The van der Waals surface area contributed by atoms with Crippen molar-refractivity contribution in [3.8, 4) is 0 Å². The molecule has 1 aliphatic carbocycles. The fourth-order valence-corrected chi connectivity index (χ4v) is 2.99. The van der Waals surface area contributed by atoms with Crippen molar-refractivity contribution in [2.24, 2.45) is 5.92 Å². The van der Waals surface area contributed by atoms with Crippen LogP contribution in [-0.4, -0.2) is 21.3 Å². The third kappa shape index (κ3) is 2.60. The molecule has 1 atom stereocenters. The Hall–Kier alpha value is -1.69. The molecule has 0 saturated heterocycles. The number of nitrogens with zero attached hydrogens (tertiary/aromatic N) is 2. The average Bonchev–Trinajstić information content (AvgIpc) is 2.89. The molecule has 0 fully saturated rings. The molecule has 2 N–H and O–H groups in total. The Bertz CT molecular complexity index is 652. The molecule has 1 amide bonds. The molecule has 0 radical (unpaired) electrons. The fourth-order valence-electron chi connectivity index (χ4n) is 2.51. The van der Waals surface area contributed by atoms with Gasteiger partial charge in [0.15, 0.2) is 0 Å². The van der Waals surface area contributed by atoms with Gasteiger partial charge in [-0.25, -0.2) is 0 Å². The lowest BCUT2D eigenvalue weighted by molar-refractivity contribution is -0.120. The minimum atomic E-state index is -0.0318. The van der Waals surface area contributed by atoms with E-state index in [0.29, 0.717) is 6.42 Å². The van der Waals surface area contributed by atoms with Crippen LogP contribution in [0.15, 0.2) is 22.7 Å². The molecule has 1 aliphatic rings. The van der Waals surface area contributed by atoms with E-state index in [1.54, 1.807) is 0 Å². The fraction of sp³-hybridized carbons (Fsp3) is 0.357. The van der Waals surface area contributed by atoms with Gasteiger partial charge < -0.3 is 5.32 Å². The number of aromatic amines is 1. The van der Waals surface area contributed by atoms with Crippen LogP contribution >= 0.6 is 15.9 Å². The van der Waals surface area contributed by atoms with E-state index in [-0.39, 0.29) is 11.8 Å². The molecule has 20 heavy (non-hydrogen) atoms. The highest BCUT2D eigenvalue weighted by Crippen LogP contribution is 2.25. The number of nitrogens with one attached hydrogen (secondary N) is 2. The van der Waals surface area contributed by atoms with E-state index in [0.717, 1.165) is 40.0 Å². The van der Waals surface area contributed by atoms with Gasteiger partial charge in [-0.3, -0.25) is 4.79 Å². The summed E-state index contributed by atoms with van der Waals surface area (Å²) < 4.78 is 1.01. The maximum Gasteiger partial charge on any atom is 0.227 e. The lowest BCUT2D eigenvalue weighted by atomic mass is 9.89. The molecule has 0 saturated carbocycles. The zero-order valence-electron chi connectivity index (χ0n) is 11.1. The van der Waals surface area contributed by atoms with Crippen molar-refractivity contribution in [1.82, 2.24) is 15.4 Å². The smallest absolute Gasteiger partial charge is 0.227 e. The molecule has 0 bridgehead atoms. The standard InChI is InChI=1S/C14H15BrN4O/c1-8-6-10(15)3-5-11(8)16-14(20)9-2-4-12-13(7-9)18-19-17-12/h3,5-6,9H,2,4,7H2,1H3,(H,16,20)(H,17,18,19). The van der Waals surface area contributed by atoms with Gasteiger partial charge in [0.1, 0.15) is 0 Å². The Morgan fingerprint density at radius 2 is 2.20 bits per heavy atom. The quantitative estimate of drug-likeness (QED) is 0.886. The van der Waals surface area contributed by atoms with Crippen LogP contribution < -0.4 is 5.32 Å². The number of hydrogen-bond acceptors (Lipinski definition) is 3. The molecule has 0 aliphatic heterocycles. The third-order valence-corrected chi connectivity index (χ3v) is 4.18.